The van der Waals surface area contributed by atoms with Crippen LogP contribution in [-0.2, 0) is 5.75 Å². The van der Waals surface area contributed by atoms with Crippen molar-refractivity contribution in [3.63, 3.8) is 0 Å². The summed E-state index contributed by atoms with van der Waals surface area (Å²) >= 11 is 6.73. The van der Waals surface area contributed by atoms with Crippen LogP contribution in [0.1, 0.15) is 5.69 Å². The van der Waals surface area contributed by atoms with Crippen LogP contribution in [0.3, 0.4) is 0 Å². The molecule has 0 amide bonds. The van der Waals surface area contributed by atoms with Crippen LogP contribution in [0.2, 0.25) is 5.15 Å². The number of nitrogens with zero attached hydrogens (tertiary/aromatic N) is 2. The molecule has 3 N–H and O–H groups in total. The van der Waals surface area contributed by atoms with E-state index in [0.29, 0.717) is 10.9 Å². The SMILES string of the molecule is N=C(N)SCc1cnc(Cl)cn1. The number of nitrogens with one attached hydrogen (secondary N) is 1. The van der Waals surface area contributed by atoms with Gasteiger partial charge in [0.25, 0.3) is 0 Å². The molecule has 0 bridgehead atoms. The standard InChI is InChI=1S/C6H7ClN4S/c7-5-2-10-4(1-11-5)3-12-6(8)9/h1-2H,3H2,(H3,8,9). The Kier molecular flexibility index (Phi) is 3.31. The van der Waals surface area contributed by atoms with E-state index in [1.54, 1.807) is 6.20 Å². The van der Waals surface area contributed by atoms with E-state index >= 15 is 0 Å². The Morgan fingerprint density at radius 3 is 2.83 bits per heavy atom. The van der Waals surface area contributed by atoms with E-state index in [1.165, 1.54) is 18.0 Å². The molecule has 0 saturated heterocycles. The van der Waals surface area contributed by atoms with Crippen molar-refractivity contribution in [2.24, 2.45) is 5.73 Å². The molecule has 0 aliphatic heterocycles. The maximum atomic E-state index is 6.95. The number of hydrogen-bond donors (Lipinski definition) is 2. The second-order valence-corrected chi connectivity index (χ2v) is 3.39. The molecule has 0 unspecified atom stereocenters. The van der Waals surface area contributed by atoms with Crippen molar-refractivity contribution in [2.45, 2.75) is 5.75 Å². The van der Waals surface area contributed by atoms with Gasteiger partial charge in [-0.3, -0.25) is 10.4 Å². The first kappa shape index (κ1) is 9.28. The van der Waals surface area contributed by atoms with Gasteiger partial charge in [0, 0.05) is 5.75 Å². The van der Waals surface area contributed by atoms with E-state index < -0.39 is 0 Å². The summed E-state index contributed by atoms with van der Waals surface area (Å²) in [6, 6.07) is 0. The lowest BCUT2D eigenvalue weighted by molar-refractivity contribution is 1.10. The van der Waals surface area contributed by atoms with Crippen LogP contribution in [-0.4, -0.2) is 15.1 Å². The number of amidine groups is 1. The van der Waals surface area contributed by atoms with Crippen LogP contribution in [0.15, 0.2) is 12.4 Å². The third-order valence-electron chi connectivity index (χ3n) is 1.05. The summed E-state index contributed by atoms with van der Waals surface area (Å²) in [6.07, 6.45) is 3.04. The van der Waals surface area contributed by atoms with Crippen molar-refractivity contribution >= 4 is 28.5 Å². The number of aromatic nitrogens is 2. The molecule has 0 saturated carbocycles. The first-order valence-corrected chi connectivity index (χ1v) is 4.48. The number of hydrogen-bond acceptors (Lipinski definition) is 4. The van der Waals surface area contributed by atoms with Crippen LogP contribution in [0.5, 0.6) is 0 Å². The minimum absolute atomic E-state index is 0.0757. The number of nitrogens with two attached hydrogens (primary N) is 1. The molecule has 4 nitrogen and oxygen atoms in total. The van der Waals surface area contributed by atoms with Gasteiger partial charge in [0.05, 0.1) is 18.1 Å². The van der Waals surface area contributed by atoms with E-state index in [2.05, 4.69) is 9.97 Å². The smallest absolute Gasteiger partial charge is 0.151 e. The zero-order valence-corrected chi connectivity index (χ0v) is 7.69. The molecule has 6 heteroatoms. The largest absolute Gasteiger partial charge is 0.379 e. The second-order valence-electron chi connectivity index (χ2n) is 1.98. The monoisotopic (exact) mass is 202 g/mol. The lowest BCUT2D eigenvalue weighted by Crippen LogP contribution is -2.04. The predicted molar refractivity (Wildman–Crippen MR) is 50.3 cm³/mol. The number of rotatable bonds is 2. The van der Waals surface area contributed by atoms with E-state index in [9.17, 15) is 0 Å². The fraction of sp³-hybridized carbons (Fsp3) is 0.167. The highest BCUT2D eigenvalue weighted by Crippen LogP contribution is 2.09. The molecule has 1 heterocycles. The summed E-state index contributed by atoms with van der Waals surface area (Å²) in [5.74, 6) is 0.555. The van der Waals surface area contributed by atoms with E-state index in [-0.39, 0.29) is 5.17 Å². The van der Waals surface area contributed by atoms with Gasteiger partial charge in [0.1, 0.15) is 5.15 Å². The molecule has 0 aromatic carbocycles. The lowest BCUT2D eigenvalue weighted by atomic mass is 10.5. The quantitative estimate of drug-likeness (QED) is 0.559. The van der Waals surface area contributed by atoms with Gasteiger partial charge >= 0.3 is 0 Å². The Morgan fingerprint density at radius 1 is 1.58 bits per heavy atom. The van der Waals surface area contributed by atoms with Gasteiger partial charge in [0.15, 0.2) is 5.17 Å². The number of halogens is 1. The Bertz CT molecular complexity index is 273. The average molecular weight is 203 g/mol. The highest BCUT2D eigenvalue weighted by atomic mass is 35.5. The average Bonchev–Trinajstić information content (AvgIpc) is 2.03. The highest BCUT2D eigenvalue weighted by Gasteiger charge is 1.97. The van der Waals surface area contributed by atoms with Crippen molar-refractivity contribution in [3.8, 4) is 0 Å². The molecule has 0 spiro atoms. The lowest BCUT2D eigenvalue weighted by Gasteiger charge is -1.97. The first-order chi connectivity index (χ1) is 5.68. The Hall–Kier alpha value is -0.810. The Morgan fingerprint density at radius 2 is 2.33 bits per heavy atom. The predicted octanol–water partition coefficient (Wildman–Crippen LogP) is 1.26. The minimum atomic E-state index is 0.0757. The van der Waals surface area contributed by atoms with Crippen molar-refractivity contribution in [1.82, 2.24) is 9.97 Å². The summed E-state index contributed by atoms with van der Waals surface area (Å²) in [7, 11) is 0. The van der Waals surface area contributed by atoms with Crippen LogP contribution in [0.4, 0.5) is 0 Å². The molecule has 0 radical (unpaired) electrons. The molecule has 0 fully saturated rings. The van der Waals surface area contributed by atoms with Gasteiger partial charge in [0.2, 0.25) is 0 Å². The van der Waals surface area contributed by atoms with Gasteiger partial charge in [-0.1, -0.05) is 23.4 Å². The Balaban J connectivity index is 2.53. The molecule has 0 atom stereocenters. The van der Waals surface area contributed by atoms with Gasteiger partial charge < -0.3 is 5.73 Å². The van der Waals surface area contributed by atoms with Crippen LogP contribution in [0, 0.1) is 5.41 Å². The summed E-state index contributed by atoms with van der Waals surface area (Å²) in [5, 5.41) is 7.40. The molecule has 0 aliphatic rings. The molecular weight excluding hydrogens is 196 g/mol. The summed E-state index contributed by atoms with van der Waals surface area (Å²) < 4.78 is 0. The van der Waals surface area contributed by atoms with Crippen molar-refractivity contribution in [2.75, 3.05) is 0 Å². The summed E-state index contributed by atoms with van der Waals surface area (Å²) in [4.78, 5) is 7.82. The normalized spacial score (nSPS) is 9.75. The fourth-order valence-corrected chi connectivity index (χ4v) is 1.12. The molecule has 1 rings (SSSR count). The third kappa shape index (κ3) is 3.06. The Labute approximate surface area is 79.1 Å². The van der Waals surface area contributed by atoms with Gasteiger partial charge in [-0.2, -0.15) is 0 Å². The molecule has 1 aromatic heterocycles. The number of thioether (sulfide) groups is 1. The van der Waals surface area contributed by atoms with Gasteiger partial charge in [-0.15, -0.1) is 0 Å². The van der Waals surface area contributed by atoms with Gasteiger partial charge in [-0.25, -0.2) is 4.98 Å². The maximum absolute atomic E-state index is 6.95. The molecule has 12 heavy (non-hydrogen) atoms. The van der Waals surface area contributed by atoms with Gasteiger partial charge in [-0.05, 0) is 0 Å². The summed E-state index contributed by atoms with van der Waals surface area (Å²) in [6.45, 7) is 0. The zero-order valence-electron chi connectivity index (χ0n) is 6.12. The van der Waals surface area contributed by atoms with E-state index in [4.69, 9.17) is 22.7 Å². The third-order valence-corrected chi connectivity index (χ3v) is 2.00. The van der Waals surface area contributed by atoms with Crippen LogP contribution < -0.4 is 5.73 Å². The fourth-order valence-electron chi connectivity index (χ4n) is 0.565. The minimum Gasteiger partial charge on any atom is -0.379 e. The van der Waals surface area contributed by atoms with E-state index in [1.807, 2.05) is 0 Å². The van der Waals surface area contributed by atoms with Crippen LogP contribution in [0.25, 0.3) is 0 Å². The zero-order chi connectivity index (χ0) is 8.97. The van der Waals surface area contributed by atoms with Crippen molar-refractivity contribution < 1.29 is 0 Å². The molecular formula is C6H7ClN4S. The van der Waals surface area contributed by atoms with Crippen molar-refractivity contribution in [3.05, 3.63) is 23.2 Å². The van der Waals surface area contributed by atoms with E-state index in [0.717, 1.165) is 5.69 Å². The topological polar surface area (TPSA) is 75.7 Å². The maximum Gasteiger partial charge on any atom is 0.151 e. The molecule has 64 valence electrons. The molecule has 0 aliphatic carbocycles. The highest BCUT2D eigenvalue weighted by molar-refractivity contribution is 8.13. The first-order valence-electron chi connectivity index (χ1n) is 3.11. The summed E-state index contributed by atoms with van der Waals surface area (Å²) in [5.41, 5.74) is 5.91. The van der Waals surface area contributed by atoms with Crippen molar-refractivity contribution in [1.29, 1.82) is 5.41 Å². The second kappa shape index (κ2) is 4.27. The van der Waals surface area contributed by atoms with Crippen LogP contribution >= 0.6 is 23.4 Å². The molecule has 1 aromatic rings.